The summed E-state index contributed by atoms with van der Waals surface area (Å²) in [6.07, 6.45) is 1.19. The Hall–Kier alpha value is 0.650. The van der Waals surface area contributed by atoms with Gasteiger partial charge in [-0.3, -0.25) is 0 Å². The third-order valence-corrected chi connectivity index (χ3v) is 2.20. The van der Waals surface area contributed by atoms with Gasteiger partial charge in [0.25, 0.3) is 0 Å². The molecule has 0 aromatic rings. The van der Waals surface area contributed by atoms with Crippen molar-refractivity contribution in [3.05, 3.63) is 0 Å². The third kappa shape index (κ3) is 1.56. The fraction of sp³-hybridized carbons (Fsp3) is 1.00. The number of likely N-dealkylation sites (N-methyl/N-ethyl adjacent to an activating group) is 1. The van der Waals surface area contributed by atoms with E-state index >= 15 is 0 Å². The van der Waals surface area contributed by atoms with Gasteiger partial charge in [-0.15, -0.1) is 0 Å². The largest absolute Gasteiger partial charge is 0.380 e. The zero-order valence-electron chi connectivity index (χ0n) is 4.93. The lowest BCUT2D eigenvalue weighted by molar-refractivity contribution is 0.185. The molecule has 0 spiro atoms. The molecule has 0 aromatic carbocycles. The minimum Gasteiger partial charge on any atom is -0.380 e. The predicted molar refractivity (Wildman–Crippen MR) is 41.0 cm³/mol. The SMILES string of the molecule is CN(I)C1CCOC1. The molecule has 48 valence electrons. The first kappa shape index (κ1) is 6.77. The van der Waals surface area contributed by atoms with E-state index in [4.69, 9.17) is 4.74 Å². The zero-order valence-corrected chi connectivity index (χ0v) is 7.09. The predicted octanol–water partition coefficient (Wildman–Crippen LogP) is 1.06. The molecule has 1 aliphatic heterocycles. The van der Waals surface area contributed by atoms with Crippen LogP contribution in [0.25, 0.3) is 0 Å². The quantitative estimate of drug-likeness (QED) is 0.490. The van der Waals surface area contributed by atoms with Gasteiger partial charge in [0.15, 0.2) is 0 Å². The van der Waals surface area contributed by atoms with Crippen molar-refractivity contribution in [1.82, 2.24) is 3.11 Å². The molecule has 0 amide bonds. The molecule has 0 bridgehead atoms. The summed E-state index contributed by atoms with van der Waals surface area (Å²) in [5.41, 5.74) is 0. The summed E-state index contributed by atoms with van der Waals surface area (Å²) in [4.78, 5) is 0. The van der Waals surface area contributed by atoms with Crippen molar-refractivity contribution in [1.29, 1.82) is 0 Å². The van der Waals surface area contributed by atoms with E-state index in [1.807, 2.05) is 0 Å². The molecule has 2 nitrogen and oxygen atoms in total. The Morgan fingerprint density at radius 3 is 2.75 bits per heavy atom. The van der Waals surface area contributed by atoms with Crippen molar-refractivity contribution in [3.8, 4) is 0 Å². The summed E-state index contributed by atoms with van der Waals surface area (Å²) in [6, 6.07) is 0.663. The zero-order chi connectivity index (χ0) is 5.98. The number of nitrogens with zero attached hydrogens (tertiary/aromatic N) is 1. The van der Waals surface area contributed by atoms with E-state index in [0.717, 1.165) is 13.2 Å². The second kappa shape index (κ2) is 2.98. The van der Waals surface area contributed by atoms with Crippen molar-refractivity contribution in [2.24, 2.45) is 0 Å². The van der Waals surface area contributed by atoms with Gasteiger partial charge in [0.05, 0.1) is 6.61 Å². The molecule has 0 saturated carbocycles. The molecule has 1 aliphatic rings. The van der Waals surface area contributed by atoms with E-state index in [0.29, 0.717) is 6.04 Å². The minimum atomic E-state index is 0.663. The fourth-order valence-corrected chi connectivity index (χ4v) is 1.24. The molecule has 0 aliphatic carbocycles. The highest BCUT2D eigenvalue weighted by Crippen LogP contribution is 2.13. The highest BCUT2D eigenvalue weighted by atomic mass is 127. The first-order chi connectivity index (χ1) is 3.80. The monoisotopic (exact) mass is 227 g/mol. The molecule has 1 atom stereocenters. The Morgan fingerprint density at radius 2 is 2.50 bits per heavy atom. The lowest BCUT2D eigenvalue weighted by Crippen LogP contribution is -2.22. The van der Waals surface area contributed by atoms with Crippen LogP contribution in [0.2, 0.25) is 0 Å². The number of hydrogen-bond acceptors (Lipinski definition) is 2. The maximum atomic E-state index is 5.17. The Bertz CT molecular complexity index is 70.8. The molecule has 8 heavy (non-hydrogen) atoms. The van der Waals surface area contributed by atoms with Crippen molar-refractivity contribution >= 4 is 22.9 Å². The van der Waals surface area contributed by atoms with Gasteiger partial charge in [-0.25, -0.2) is 3.11 Å². The molecule has 0 radical (unpaired) electrons. The van der Waals surface area contributed by atoms with Crippen LogP contribution in [0.15, 0.2) is 0 Å². The maximum absolute atomic E-state index is 5.17. The summed E-state index contributed by atoms with van der Waals surface area (Å²) in [6.45, 7) is 1.86. The average Bonchev–Trinajstić information content (AvgIpc) is 2.12. The van der Waals surface area contributed by atoms with Crippen LogP contribution in [-0.2, 0) is 4.74 Å². The second-order valence-corrected chi connectivity index (χ2v) is 3.56. The molecule has 3 heteroatoms. The molecular weight excluding hydrogens is 217 g/mol. The van der Waals surface area contributed by atoms with E-state index < -0.39 is 0 Å². The van der Waals surface area contributed by atoms with Crippen LogP contribution in [0.4, 0.5) is 0 Å². The van der Waals surface area contributed by atoms with E-state index in [1.54, 1.807) is 0 Å². The van der Waals surface area contributed by atoms with Crippen LogP contribution in [0.5, 0.6) is 0 Å². The van der Waals surface area contributed by atoms with Crippen molar-refractivity contribution < 1.29 is 4.74 Å². The van der Waals surface area contributed by atoms with Crippen LogP contribution >= 0.6 is 22.9 Å². The van der Waals surface area contributed by atoms with Gasteiger partial charge in [0, 0.05) is 35.5 Å². The van der Waals surface area contributed by atoms with Gasteiger partial charge in [0.2, 0.25) is 0 Å². The lowest BCUT2D eigenvalue weighted by Gasteiger charge is -2.12. The first-order valence-electron chi connectivity index (χ1n) is 2.77. The van der Waals surface area contributed by atoms with Gasteiger partial charge in [-0.2, -0.15) is 0 Å². The molecule has 1 rings (SSSR count). The van der Waals surface area contributed by atoms with Crippen molar-refractivity contribution in [2.75, 3.05) is 20.3 Å². The van der Waals surface area contributed by atoms with Crippen LogP contribution < -0.4 is 0 Å². The summed E-state index contributed by atoms with van der Waals surface area (Å²) in [5, 5.41) is 0. The topological polar surface area (TPSA) is 12.5 Å². The number of hydrogen-bond donors (Lipinski definition) is 0. The van der Waals surface area contributed by atoms with Crippen LogP contribution in [0, 0.1) is 0 Å². The Kier molecular flexibility index (Phi) is 2.52. The summed E-state index contributed by atoms with van der Waals surface area (Å²) >= 11 is 2.30. The van der Waals surface area contributed by atoms with Gasteiger partial charge < -0.3 is 4.74 Å². The van der Waals surface area contributed by atoms with Crippen LogP contribution in [-0.4, -0.2) is 29.4 Å². The molecule has 1 unspecified atom stereocenters. The van der Waals surface area contributed by atoms with Crippen molar-refractivity contribution in [3.63, 3.8) is 0 Å². The second-order valence-electron chi connectivity index (χ2n) is 2.04. The smallest absolute Gasteiger partial charge is 0.0630 e. The lowest BCUT2D eigenvalue weighted by atomic mass is 10.3. The average molecular weight is 227 g/mol. The molecule has 1 fully saturated rings. The summed E-state index contributed by atoms with van der Waals surface area (Å²) in [7, 11) is 2.08. The van der Waals surface area contributed by atoms with Gasteiger partial charge in [-0.05, 0) is 13.5 Å². The number of halogens is 1. The molecule has 0 N–H and O–H groups in total. The van der Waals surface area contributed by atoms with E-state index in [2.05, 4.69) is 33.0 Å². The first-order valence-corrected chi connectivity index (χ1v) is 3.73. The highest BCUT2D eigenvalue weighted by molar-refractivity contribution is 14.1. The Balaban J connectivity index is 2.24. The Labute approximate surface area is 63.7 Å². The van der Waals surface area contributed by atoms with Crippen LogP contribution in [0.1, 0.15) is 6.42 Å². The van der Waals surface area contributed by atoms with Crippen LogP contribution in [0.3, 0.4) is 0 Å². The van der Waals surface area contributed by atoms with Gasteiger partial charge >= 0.3 is 0 Å². The highest BCUT2D eigenvalue weighted by Gasteiger charge is 2.17. The molecule has 0 aromatic heterocycles. The standard InChI is InChI=1S/C5H10INO/c1-7(6)5-2-3-8-4-5/h5H,2-4H2,1H3. The fourth-order valence-electron chi connectivity index (χ4n) is 0.803. The minimum absolute atomic E-state index is 0.663. The normalized spacial score (nSPS) is 29.6. The van der Waals surface area contributed by atoms with Crippen molar-refractivity contribution in [2.45, 2.75) is 12.5 Å². The number of rotatable bonds is 1. The number of ether oxygens (including phenoxy) is 1. The molecule has 1 saturated heterocycles. The summed E-state index contributed by atoms with van der Waals surface area (Å²) < 4.78 is 7.36. The van der Waals surface area contributed by atoms with Gasteiger partial charge in [0.1, 0.15) is 0 Å². The molecular formula is C5H10INO. The Morgan fingerprint density at radius 1 is 1.75 bits per heavy atom. The van der Waals surface area contributed by atoms with E-state index in [9.17, 15) is 0 Å². The third-order valence-electron chi connectivity index (χ3n) is 1.41. The summed E-state index contributed by atoms with van der Waals surface area (Å²) in [5.74, 6) is 0. The maximum Gasteiger partial charge on any atom is 0.0630 e. The van der Waals surface area contributed by atoms with E-state index in [-0.39, 0.29) is 0 Å². The molecule has 1 heterocycles. The van der Waals surface area contributed by atoms with Gasteiger partial charge in [-0.1, -0.05) is 0 Å². The van der Waals surface area contributed by atoms with E-state index in [1.165, 1.54) is 6.42 Å².